The summed E-state index contributed by atoms with van der Waals surface area (Å²) in [6.45, 7) is 0. The van der Waals surface area contributed by atoms with Gasteiger partial charge in [-0.05, 0) is 24.5 Å². The first-order chi connectivity index (χ1) is 10.8. The topological polar surface area (TPSA) is 89.5 Å². The number of imide groups is 1. The summed E-state index contributed by atoms with van der Waals surface area (Å²) in [5, 5.41) is 2.21. The van der Waals surface area contributed by atoms with Crippen molar-refractivity contribution in [3.63, 3.8) is 0 Å². The lowest BCUT2D eigenvalue weighted by Crippen LogP contribution is -2.42. The largest absolute Gasteiger partial charge is 0.300 e. The molecule has 1 N–H and O–H groups in total. The van der Waals surface area contributed by atoms with Crippen LogP contribution in [0.25, 0.3) is 0 Å². The number of halogens is 1. The monoisotopic (exact) mass is 337 g/mol. The van der Waals surface area contributed by atoms with Crippen LogP contribution in [0, 0.1) is 23.6 Å². The van der Waals surface area contributed by atoms with Gasteiger partial charge in [-0.3, -0.25) is 19.1 Å². The zero-order valence-corrected chi connectivity index (χ0v) is 12.5. The maximum atomic E-state index is 13.8. The van der Waals surface area contributed by atoms with Crippen LogP contribution in [0.3, 0.4) is 0 Å². The third-order valence-corrected chi connectivity index (χ3v) is 6.13. The van der Waals surface area contributed by atoms with E-state index in [2.05, 4.69) is 5.32 Å². The minimum atomic E-state index is -4.42. The number of amides is 2. The molecule has 23 heavy (non-hydrogen) atoms. The van der Waals surface area contributed by atoms with E-state index in [9.17, 15) is 22.4 Å². The van der Waals surface area contributed by atoms with Gasteiger partial charge in [0, 0.05) is 0 Å². The quantitative estimate of drug-likeness (QED) is 0.499. The maximum Gasteiger partial charge on any atom is 0.300 e. The van der Waals surface area contributed by atoms with E-state index in [4.69, 9.17) is 4.18 Å². The average molecular weight is 337 g/mol. The number of benzene rings is 1. The molecular weight excluding hydrogens is 325 g/mol. The summed E-state index contributed by atoms with van der Waals surface area (Å²) in [7, 11) is -4.42. The summed E-state index contributed by atoms with van der Waals surface area (Å²) in [5.74, 6) is -3.65. The van der Waals surface area contributed by atoms with E-state index in [0.717, 1.165) is 12.1 Å². The molecule has 3 aliphatic rings. The summed E-state index contributed by atoms with van der Waals surface area (Å²) in [5.41, 5.74) is -1.42. The Bertz CT molecular complexity index is 864. The number of allylic oxidation sites excluding steroid dienone is 1. The fraction of sp³-hybridized carbons (Fsp3) is 0.333. The van der Waals surface area contributed by atoms with Crippen LogP contribution in [-0.4, -0.2) is 25.8 Å². The fourth-order valence-corrected chi connectivity index (χ4v) is 5.12. The lowest BCUT2D eigenvalue weighted by molar-refractivity contribution is -0.128. The summed E-state index contributed by atoms with van der Waals surface area (Å²) < 4.78 is 44.0. The highest BCUT2D eigenvalue weighted by atomic mass is 32.2. The molecule has 2 bridgehead atoms. The van der Waals surface area contributed by atoms with E-state index in [1.807, 2.05) is 0 Å². The van der Waals surface area contributed by atoms with Crippen molar-refractivity contribution in [2.75, 3.05) is 0 Å². The molecule has 2 fully saturated rings. The molecule has 1 saturated heterocycles. The van der Waals surface area contributed by atoms with Crippen molar-refractivity contribution in [3.05, 3.63) is 42.2 Å². The third-order valence-electron chi connectivity index (χ3n) is 4.73. The van der Waals surface area contributed by atoms with E-state index in [1.54, 1.807) is 6.08 Å². The number of hydrogen-bond donors (Lipinski definition) is 1. The molecule has 0 spiro atoms. The minimum Gasteiger partial charge on any atom is -0.296 e. The highest BCUT2D eigenvalue weighted by Gasteiger charge is 2.66. The van der Waals surface area contributed by atoms with Crippen molar-refractivity contribution in [2.45, 2.75) is 16.9 Å². The van der Waals surface area contributed by atoms with Crippen LogP contribution in [0.5, 0.6) is 0 Å². The van der Waals surface area contributed by atoms with Gasteiger partial charge >= 0.3 is 10.1 Å². The first-order valence-electron chi connectivity index (χ1n) is 7.08. The molecule has 2 amide bonds. The molecule has 1 heterocycles. The second-order valence-corrected chi connectivity index (χ2v) is 7.52. The lowest BCUT2D eigenvalue weighted by atomic mass is 9.83. The van der Waals surface area contributed by atoms with Crippen LogP contribution >= 0.6 is 0 Å². The van der Waals surface area contributed by atoms with Gasteiger partial charge in [0.2, 0.25) is 11.8 Å². The molecule has 0 radical (unpaired) electrons. The molecule has 4 atom stereocenters. The van der Waals surface area contributed by atoms with Crippen molar-refractivity contribution in [1.29, 1.82) is 0 Å². The fourth-order valence-electron chi connectivity index (χ4n) is 3.84. The molecule has 2 aliphatic carbocycles. The van der Waals surface area contributed by atoms with Crippen molar-refractivity contribution < 1.29 is 26.6 Å². The average Bonchev–Trinajstić information content (AvgIpc) is 3.10. The normalized spacial score (nSPS) is 34.7. The Hall–Kier alpha value is -2.06. The Labute approximate surface area is 131 Å². The van der Waals surface area contributed by atoms with Gasteiger partial charge in [0.15, 0.2) is 0 Å². The van der Waals surface area contributed by atoms with Gasteiger partial charge in [-0.2, -0.15) is 8.42 Å². The maximum absolute atomic E-state index is 13.8. The summed E-state index contributed by atoms with van der Waals surface area (Å²) in [6, 6.07) is 4.87. The molecular formula is C15H12FNO5S. The van der Waals surface area contributed by atoms with E-state index in [1.165, 1.54) is 18.2 Å². The molecule has 1 aromatic rings. The SMILES string of the molecule is O=C1NC(=O)C2C1C1C=CC2(OS(=O)(=O)c2ccccc2F)C1. The van der Waals surface area contributed by atoms with E-state index in [-0.39, 0.29) is 12.3 Å². The van der Waals surface area contributed by atoms with Gasteiger partial charge in [0.05, 0.1) is 11.8 Å². The van der Waals surface area contributed by atoms with Gasteiger partial charge in [-0.15, -0.1) is 0 Å². The van der Waals surface area contributed by atoms with Gasteiger partial charge in [0.25, 0.3) is 0 Å². The lowest BCUT2D eigenvalue weighted by Gasteiger charge is -2.29. The van der Waals surface area contributed by atoms with Crippen molar-refractivity contribution in [1.82, 2.24) is 5.32 Å². The Kier molecular flexibility index (Phi) is 2.83. The van der Waals surface area contributed by atoms with Crippen LogP contribution < -0.4 is 5.32 Å². The zero-order chi connectivity index (χ0) is 16.4. The van der Waals surface area contributed by atoms with Gasteiger partial charge < -0.3 is 0 Å². The number of rotatable bonds is 3. The Morgan fingerprint density at radius 1 is 1.22 bits per heavy atom. The van der Waals surface area contributed by atoms with Crippen LogP contribution in [0.2, 0.25) is 0 Å². The predicted octanol–water partition coefficient (Wildman–Crippen LogP) is 0.748. The smallest absolute Gasteiger partial charge is 0.296 e. The zero-order valence-electron chi connectivity index (χ0n) is 11.7. The molecule has 6 nitrogen and oxygen atoms in total. The first-order valence-corrected chi connectivity index (χ1v) is 8.49. The van der Waals surface area contributed by atoms with Crippen LogP contribution in [0.1, 0.15) is 6.42 Å². The molecule has 8 heteroatoms. The highest BCUT2D eigenvalue weighted by Crippen LogP contribution is 2.55. The molecule has 4 unspecified atom stereocenters. The number of nitrogens with one attached hydrogen (secondary N) is 1. The second-order valence-electron chi connectivity index (χ2n) is 6.01. The summed E-state index contributed by atoms with van der Waals surface area (Å²) in [4.78, 5) is 23.3. The molecule has 4 rings (SSSR count). The Morgan fingerprint density at radius 2 is 1.96 bits per heavy atom. The second kappa shape index (κ2) is 4.48. The summed E-state index contributed by atoms with van der Waals surface area (Å²) >= 11 is 0. The third kappa shape index (κ3) is 1.91. The molecule has 120 valence electrons. The highest BCUT2D eigenvalue weighted by molar-refractivity contribution is 7.86. The number of carbonyl (C=O) groups excluding carboxylic acids is 2. The number of carbonyl (C=O) groups is 2. The van der Waals surface area contributed by atoms with Crippen molar-refractivity contribution >= 4 is 21.9 Å². The van der Waals surface area contributed by atoms with E-state index in [0.29, 0.717) is 0 Å². The van der Waals surface area contributed by atoms with Crippen LogP contribution in [0.4, 0.5) is 4.39 Å². The van der Waals surface area contributed by atoms with Crippen molar-refractivity contribution in [3.8, 4) is 0 Å². The van der Waals surface area contributed by atoms with Crippen LogP contribution in [0.15, 0.2) is 41.3 Å². The number of hydrogen-bond acceptors (Lipinski definition) is 5. The molecule has 0 aromatic heterocycles. The summed E-state index contributed by atoms with van der Waals surface area (Å²) in [6.07, 6.45) is 3.42. The Balaban J connectivity index is 1.74. The molecule has 1 aliphatic heterocycles. The van der Waals surface area contributed by atoms with Crippen LogP contribution in [-0.2, 0) is 23.9 Å². The standard InChI is InChI=1S/C15H12FNO5S/c16-9-3-1-2-4-10(9)23(20,21)22-15-6-5-8(7-15)11-12(15)14(19)17-13(11)18/h1-6,8,11-12H,7H2,(H,17,18,19). The van der Waals surface area contributed by atoms with E-state index < -0.39 is 50.1 Å². The molecule has 1 saturated carbocycles. The Morgan fingerprint density at radius 3 is 2.70 bits per heavy atom. The van der Waals surface area contributed by atoms with Gasteiger partial charge in [-0.25, -0.2) is 4.39 Å². The van der Waals surface area contributed by atoms with E-state index >= 15 is 0 Å². The predicted molar refractivity (Wildman–Crippen MR) is 74.8 cm³/mol. The van der Waals surface area contributed by atoms with Crippen molar-refractivity contribution in [2.24, 2.45) is 17.8 Å². The minimum absolute atomic E-state index is 0.217. The first kappa shape index (κ1) is 14.5. The molecule has 1 aromatic carbocycles. The van der Waals surface area contributed by atoms with Gasteiger partial charge in [0.1, 0.15) is 16.3 Å². The van der Waals surface area contributed by atoms with Gasteiger partial charge in [-0.1, -0.05) is 24.3 Å². The number of fused-ring (bicyclic) bond motifs is 5.